The first-order valence-corrected chi connectivity index (χ1v) is 8.83. The summed E-state index contributed by atoms with van der Waals surface area (Å²) in [5, 5.41) is 34.2. The van der Waals surface area contributed by atoms with Crippen molar-refractivity contribution in [2.45, 2.75) is 13.8 Å². The number of aromatic nitrogens is 3. The van der Waals surface area contributed by atoms with Crippen LogP contribution >= 0.6 is 0 Å². The number of phenolic OH excluding ortho intramolecular Hbond substituents is 1. The van der Waals surface area contributed by atoms with Crippen molar-refractivity contribution in [2.24, 2.45) is 0 Å². The van der Waals surface area contributed by atoms with Crippen LogP contribution in [0.5, 0.6) is 5.75 Å². The maximum absolute atomic E-state index is 10.3. The predicted molar refractivity (Wildman–Crippen MR) is 105 cm³/mol. The lowest BCUT2D eigenvalue weighted by Gasteiger charge is -2.07. The maximum Gasteiger partial charge on any atom is 0.213 e. The van der Waals surface area contributed by atoms with E-state index in [1.165, 1.54) is 6.07 Å². The van der Waals surface area contributed by atoms with Gasteiger partial charge in [0.1, 0.15) is 11.4 Å². The first kappa shape index (κ1) is 19.1. The molecule has 8 nitrogen and oxygen atoms in total. The molecule has 144 valence electrons. The number of ether oxygens (including phenoxy) is 2. The van der Waals surface area contributed by atoms with Gasteiger partial charge in [-0.25, -0.2) is 4.68 Å². The first-order valence-electron chi connectivity index (χ1n) is 8.83. The van der Waals surface area contributed by atoms with Crippen LogP contribution in [0.3, 0.4) is 0 Å². The minimum Gasteiger partial charge on any atom is -0.507 e. The smallest absolute Gasteiger partial charge is 0.213 e. The molecule has 28 heavy (non-hydrogen) atoms. The highest BCUT2D eigenvalue weighted by Crippen LogP contribution is 2.29. The van der Waals surface area contributed by atoms with E-state index in [4.69, 9.17) is 20.3 Å². The quantitative estimate of drug-likeness (QED) is 0.448. The van der Waals surface area contributed by atoms with Crippen LogP contribution in [0.15, 0.2) is 48.7 Å². The van der Waals surface area contributed by atoms with Crippen LogP contribution in [0.25, 0.3) is 16.9 Å². The number of hydrogen-bond donors (Lipinski definition) is 3. The van der Waals surface area contributed by atoms with E-state index in [1.807, 2.05) is 19.1 Å². The van der Waals surface area contributed by atoms with E-state index in [0.29, 0.717) is 35.6 Å². The Labute approximate surface area is 162 Å². The largest absolute Gasteiger partial charge is 0.507 e. The van der Waals surface area contributed by atoms with Crippen molar-refractivity contribution in [1.29, 1.82) is 10.8 Å². The Bertz CT molecular complexity index is 995. The second-order valence-corrected chi connectivity index (χ2v) is 5.85. The normalized spacial score (nSPS) is 10.5. The van der Waals surface area contributed by atoms with Crippen molar-refractivity contribution in [1.82, 2.24) is 15.0 Å². The molecule has 0 atom stereocenters. The lowest BCUT2D eigenvalue weighted by atomic mass is 10.1. The number of nitrogens with one attached hydrogen (secondary N) is 2. The predicted octanol–water partition coefficient (Wildman–Crippen LogP) is 3.36. The lowest BCUT2D eigenvalue weighted by Crippen LogP contribution is -2.05. The lowest BCUT2D eigenvalue weighted by molar-refractivity contribution is 0.325. The fourth-order valence-corrected chi connectivity index (χ4v) is 2.62. The van der Waals surface area contributed by atoms with Crippen molar-refractivity contribution < 1.29 is 14.6 Å². The Balaban J connectivity index is 1.82. The van der Waals surface area contributed by atoms with E-state index in [0.717, 1.165) is 5.69 Å². The molecule has 3 aromatic rings. The van der Waals surface area contributed by atoms with Crippen molar-refractivity contribution in [3.05, 3.63) is 59.8 Å². The van der Waals surface area contributed by atoms with Gasteiger partial charge in [0, 0.05) is 16.7 Å². The van der Waals surface area contributed by atoms with Gasteiger partial charge in [-0.1, -0.05) is 5.21 Å². The summed E-state index contributed by atoms with van der Waals surface area (Å²) in [6, 6.07) is 12.0. The molecule has 2 aromatic carbocycles. The topological polar surface area (TPSA) is 117 Å². The molecule has 0 saturated heterocycles. The Morgan fingerprint density at radius 2 is 1.57 bits per heavy atom. The molecule has 0 unspecified atom stereocenters. The van der Waals surface area contributed by atoms with Gasteiger partial charge in [0.05, 0.1) is 25.1 Å². The second-order valence-electron chi connectivity index (χ2n) is 5.85. The van der Waals surface area contributed by atoms with E-state index in [-0.39, 0.29) is 17.5 Å². The van der Waals surface area contributed by atoms with Crippen molar-refractivity contribution in [2.75, 3.05) is 13.2 Å². The van der Waals surface area contributed by atoms with Gasteiger partial charge < -0.3 is 14.6 Å². The molecule has 0 aliphatic rings. The zero-order valence-electron chi connectivity index (χ0n) is 15.6. The fourth-order valence-electron chi connectivity index (χ4n) is 2.62. The van der Waals surface area contributed by atoms with Crippen molar-refractivity contribution in [3.8, 4) is 22.7 Å². The summed E-state index contributed by atoms with van der Waals surface area (Å²) in [6.07, 6.45) is 1.70. The molecule has 0 saturated carbocycles. The highest BCUT2D eigenvalue weighted by atomic mass is 16.5. The molecule has 0 amide bonds. The Morgan fingerprint density at radius 3 is 2.18 bits per heavy atom. The van der Waals surface area contributed by atoms with Crippen LogP contribution in [0.2, 0.25) is 0 Å². The second kappa shape index (κ2) is 8.34. The molecule has 3 N–H and O–H groups in total. The van der Waals surface area contributed by atoms with Gasteiger partial charge in [-0.05, 0) is 56.3 Å². The van der Waals surface area contributed by atoms with E-state index < -0.39 is 0 Å². The molecule has 8 heteroatoms. The Hall–Kier alpha value is -3.68. The Morgan fingerprint density at radius 1 is 0.964 bits per heavy atom. The summed E-state index contributed by atoms with van der Waals surface area (Å²) < 4.78 is 11.9. The van der Waals surface area contributed by atoms with Gasteiger partial charge >= 0.3 is 0 Å². The van der Waals surface area contributed by atoms with Gasteiger partial charge in [-0.15, -0.1) is 5.10 Å². The highest BCUT2D eigenvalue weighted by molar-refractivity contribution is 5.93. The molecule has 1 aromatic heterocycles. The minimum absolute atomic E-state index is 0.00508. The molecule has 0 bridgehead atoms. The van der Waals surface area contributed by atoms with Crippen LogP contribution in [0.1, 0.15) is 25.0 Å². The van der Waals surface area contributed by atoms with Gasteiger partial charge in [-0.2, -0.15) is 0 Å². The molecule has 0 spiro atoms. The standard InChI is InChI=1S/C20H21N5O3/c1-3-27-19(21)13-5-8-15(9-6-13)25-12-17(23-24-25)16-10-7-14(11-18(16)26)20(22)28-4-2/h5-12,21-22,26H,3-4H2,1-2H3. The zero-order chi connectivity index (χ0) is 20.1. The molecule has 3 rings (SSSR count). The number of rotatable bonds is 6. The molecular weight excluding hydrogens is 358 g/mol. The van der Waals surface area contributed by atoms with Gasteiger partial charge in [0.2, 0.25) is 11.8 Å². The average Bonchev–Trinajstić information content (AvgIpc) is 3.18. The summed E-state index contributed by atoms with van der Waals surface area (Å²) in [7, 11) is 0. The molecule has 0 radical (unpaired) electrons. The summed E-state index contributed by atoms with van der Waals surface area (Å²) in [5.41, 5.74) is 2.94. The van der Waals surface area contributed by atoms with Gasteiger partial charge in [0.15, 0.2) is 0 Å². The van der Waals surface area contributed by atoms with E-state index >= 15 is 0 Å². The summed E-state index contributed by atoms with van der Waals surface area (Å²) in [6.45, 7) is 4.46. The zero-order valence-corrected chi connectivity index (χ0v) is 15.6. The van der Waals surface area contributed by atoms with Crippen LogP contribution in [0.4, 0.5) is 0 Å². The molecular formula is C20H21N5O3. The van der Waals surface area contributed by atoms with Gasteiger partial charge in [-0.3, -0.25) is 10.8 Å². The van der Waals surface area contributed by atoms with Crippen LogP contribution in [-0.4, -0.2) is 45.1 Å². The third kappa shape index (κ3) is 4.01. The van der Waals surface area contributed by atoms with Crippen LogP contribution < -0.4 is 0 Å². The molecule has 0 aliphatic carbocycles. The number of benzene rings is 2. The van der Waals surface area contributed by atoms with Crippen molar-refractivity contribution in [3.63, 3.8) is 0 Å². The molecule has 1 heterocycles. The Kier molecular flexibility index (Phi) is 5.69. The van der Waals surface area contributed by atoms with Crippen LogP contribution in [-0.2, 0) is 9.47 Å². The minimum atomic E-state index is -0.00508. The fraction of sp³-hybridized carbons (Fsp3) is 0.200. The van der Waals surface area contributed by atoms with Crippen molar-refractivity contribution >= 4 is 11.8 Å². The van der Waals surface area contributed by atoms with E-state index in [2.05, 4.69) is 10.3 Å². The van der Waals surface area contributed by atoms with Crippen LogP contribution in [0, 0.1) is 10.8 Å². The monoisotopic (exact) mass is 379 g/mol. The highest BCUT2D eigenvalue weighted by Gasteiger charge is 2.13. The van der Waals surface area contributed by atoms with E-state index in [1.54, 1.807) is 42.1 Å². The summed E-state index contributed by atoms with van der Waals surface area (Å²) >= 11 is 0. The average molecular weight is 379 g/mol. The molecule has 0 fully saturated rings. The SMILES string of the molecule is CCOC(=N)c1ccc(-n2cc(-c3ccc(C(=N)OCC)cc3O)nn2)cc1. The van der Waals surface area contributed by atoms with Gasteiger partial charge in [0.25, 0.3) is 0 Å². The summed E-state index contributed by atoms with van der Waals surface area (Å²) in [4.78, 5) is 0. The number of aromatic hydroxyl groups is 1. The third-order valence-electron chi connectivity index (χ3n) is 4.00. The third-order valence-corrected chi connectivity index (χ3v) is 4.00. The summed E-state index contributed by atoms with van der Waals surface area (Å²) in [5.74, 6) is 0.121. The number of phenols is 1. The maximum atomic E-state index is 10.3. The first-order chi connectivity index (χ1) is 13.5. The number of nitrogens with zero attached hydrogens (tertiary/aromatic N) is 3. The number of hydrogen-bond acceptors (Lipinski definition) is 7. The van der Waals surface area contributed by atoms with E-state index in [9.17, 15) is 5.11 Å². The molecule has 0 aliphatic heterocycles.